The van der Waals surface area contributed by atoms with Crippen molar-refractivity contribution in [1.29, 1.82) is 0 Å². The van der Waals surface area contributed by atoms with E-state index < -0.39 is 0 Å². The molecule has 0 aliphatic heterocycles. The van der Waals surface area contributed by atoms with Crippen molar-refractivity contribution in [3.8, 4) is 16.9 Å². The molecule has 2 rings (SSSR count). The minimum absolute atomic E-state index is 0.293. The molecule has 1 N–H and O–H groups in total. The third-order valence-electron chi connectivity index (χ3n) is 2.06. The van der Waals surface area contributed by atoms with Gasteiger partial charge in [0.25, 0.3) is 0 Å². The predicted octanol–water partition coefficient (Wildman–Crippen LogP) is 2.96. The van der Waals surface area contributed by atoms with Crippen LogP contribution in [0, 0.1) is 6.92 Å². The molecule has 13 heavy (non-hydrogen) atoms. The molecule has 0 radical (unpaired) electrons. The summed E-state index contributed by atoms with van der Waals surface area (Å²) in [6, 6.07) is 7.30. The first-order valence-electron chi connectivity index (χ1n) is 4.10. The summed E-state index contributed by atoms with van der Waals surface area (Å²) in [6.45, 7) is 1.96. The number of phenolic OH excluding ortho intramolecular Hbond substituents is 1. The molecule has 0 atom stereocenters. The molecule has 0 aliphatic carbocycles. The molecule has 0 aliphatic rings. The smallest absolute Gasteiger partial charge is 0.123 e. The van der Waals surface area contributed by atoms with E-state index in [1.165, 1.54) is 0 Å². The number of hydrogen-bond acceptors (Lipinski definition) is 2. The SMILES string of the molecule is Cc1cccc(O)c1-c1ccoc1. The second kappa shape index (κ2) is 2.98. The Morgan fingerprint density at radius 2 is 2.08 bits per heavy atom. The number of rotatable bonds is 1. The van der Waals surface area contributed by atoms with Gasteiger partial charge in [-0.15, -0.1) is 0 Å². The Labute approximate surface area is 76.4 Å². The zero-order chi connectivity index (χ0) is 9.26. The predicted molar refractivity (Wildman–Crippen MR) is 50.5 cm³/mol. The zero-order valence-corrected chi connectivity index (χ0v) is 7.32. The lowest BCUT2D eigenvalue weighted by Crippen LogP contribution is -1.80. The van der Waals surface area contributed by atoms with E-state index >= 15 is 0 Å². The number of phenols is 1. The third-order valence-corrected chi connectivity index (χ3v) is 2.06. The average Bonchev–Trinajstić information content (AvgIpc) is 2.57. The first-order valence-corrected chi connectivity index (χ1v) is 4.10. The lowest BCUT2D eigenvalue weighted by atomic mass is 10.0. The lowest BCUT2D eigenvalue weighted by Gasteiger charge is -2.04. The van der Waals surface area contributed by atoms with Gasteiger partial charge in [-0.05, 0) is 24.6 Å². The molecule has 1 aromatic carbocycles. The van der Waals surface area contributed by atoms with Gasteiger partial charge in [-0.3, -0.25) is 0 Å². The topological polar surface area (TPSA) is 33.4 Å². The fourth-order valence-electron chi connectivity index (χ4n) is 1.43. The van der Waals surface area contributed by atoms with E-state index in [1.807, 2.05) is 25.1 Å². The average molecular weight is 174 g/mol. The highest BCUT2D eigenvalue weighted by atomic mass is 16.3. The summed E-state index contributed by atoms with van der Waals surface area (Å²) >= 11 is 0. The van der Waals surface area contributed by atoms with Gasteiger partial charge in [0.05, 0.1) is 12.5 Å². The molecule has 2 heteroatoms. The van der Waals surface area contributed by atoms with Gasteiger partial charge in [-0.1, -0.05) is 12.1 Å². The Balaban J connectivity index is 2.64. The molecule has 66 valence electrons. The van der Waals surface area contributed by atoms with Gasteiger partial charge < -0.3 is 9.52 Å². The molecule has 1 heterocycles. The second-order valence-electron chi connectivity index (χ2n) is 2.98. The van der Waals surface area contributed by atoms with Gasteiger partial charge >= 0.3 is 0 Å². The van der Waals surface area contributed by atoms with E-state index in [-0.39, 0.29) is 0 Å². The number of furan rings is 1. The Morgan fingerprint density at radius 3 is 2.69 bits per heavy atom. The number of aromatic hydroxyl groups is 1. The highest BCUT2D eigenvalue weighted by molar-refractivity contribution is 5.72. The summed E-state index contributed by atoms with van der Waals surface area (Å²) in [5, 5.41) is 9.62. The van der Waals surface area contributed by atoms with Gasteiger partial charge in [0.2, 0.25) is 0 Å². The quantitative estimate of drug-likeness (QED) is 0.721. The molecule has 0 fully saturated rings. The van der Waals surface area contributed by atoms with Crippen LogP contribution >= 0.6 is 0 Å². The standard InChI is InChI=1S/C11H10O2/c1-8-3-2-4-10(12)11(8)9-5-6-13-7-9/h2-7,12H,1H3. The Bertz CT molecular complexity index is 382. The maximum atomic E-state index is 9.62. The Morgan fingerprint density at radius 1 is 1.23 bits per heavy atom. The summed E-state index contributed by atoms with van der Waals surface area (Å²) in [5.41, 5.74) is 2.80. The molecular formula is C11H10O2. The molecule has 0 saturated carbocycles. The minimum atomic E-state index is 0.293. The van der Waals surface area contributed by atoms with Crippen LogP contribution in [-0.2, 0) is 0 Å². The van der Waals surface area contributed by atoms with Crippen LogP contribution < -0.4 is 0 Å². The fraction of sp³-hybridized carbons (Fsp3) is 0.0909. The molecule has 2 aromatic rings. The van der Waals surface area contributed by atoms with Crippen LogP contribution in [0.2, 0.25) is 0 Å². The second-order valence-corrected chi connectivity index (χ2v) is 2.98. The van der Waals surface area contributed by atoms with Crippen molar-refractivity contribution in [2.24, 2.45) is 0 Å². The van der Waals surface area contributed by atoms with Crippen molar-refractivity contribution in [3.05, 3.63) is 42.4 Å². The van der Waals surface area contributed by atoms with E-state index in [2.05, 4.69) is 0 Å². The maximum absolute atomic E-state index is 9.62. The van der Waals surface area contributed by atoms with Gasteiger partial charge in [-0.25, -0.2) is 0 Å². The largest absolute Gasteiger partial charge is 0.507 e. The molecule has 0 spiro atoms. The first-order chi connectivity index (χ1) is 6.29. The van der Waals surface area contributed by atoms with E-state index in [4.69, 9.17) is 4.42 Å². The van der Waals surface area contributed by atoms with Crippen LogP contribution in [-0.4, -0.2) is 5.11 Å². The van der Waals surface area contributed by atoms with Crippen LogP contribution in [0.1, 0.15) is 5.56 Å². The first kappa shape index (κ1) is 7.92. The minimum Gasteiger partial charge on any atom is -0.507 e. The normalized spacial score (nSPS) is 10.2. The van der Waals surface area contributed by atoms with Crippen molar-refractivity contribution < 1.29 is 9.52 Å². The molecule has 0 bridgehead atoms. The number of hydrogen-bond donors (Lipinski definition) is 1. The van der Waals surface area contributed by atoms with E-state index in [0.29, 0.717) is 5.75 Å². The van der Waals surface area contributed by atoms with Gasteiger partial charge in [0, 0.05) is 11.1 Å². The summed E-state index contributed by atoms with van der Waals surface area (Å²) in [5.74, 6) is 0.293. The Hall–Kier alpha value is -1.70. The maximum Gasteiger partial charge on any atom is 0.123 e. The molecule has 0 unspecified atom stereocenters. The van der Waals surface area contributed by atoms with Crippen LogP contribution in [0.25, 0.3) is 11.1 Å². The van der Waals surface area contributed by atoms with Crippen molar-refractivity contribution in [3.63, 3.8) is 0 Å². The summed E-state index contributed by atoms with van der Waals surface area (Å²) in [7, 11) is 0. The van der Waals surface area contributed by atoms with Crippen LogP contribution in [0.5, 0.6) is 5.75 Å². The van der Waals surface area contributed by atoms with Crippen LogP contribution in [0.3, 0.4) is 0 Å². The van der Waals surface area contributed by atoms with Crippen molar-refractivity contribution in [1.82, 2.24) is 0 Å². The third kappa shape index (κ3) is 1.31. The summed E-state index contributed by atoms with van der Waals surface area (Å²) < 4.78 is 4.97. The number of benzene rings is 1. The number of aryl methyl sites for hydroxylation is 1. The molecule has 0 amide bonds. The highest BCUT2D eigenvalue weighted by Crippen LogP contribution is 2.31. The van der Waals surface area contributed by atoms with Crippen molar-refractivity contribution in [2.75, 3.05) is 0 Å². The molecule has 2 nitrogen and oxygen atoms in total. The van der Waals surface area contributed by atoms with Gasteiger partial charge in [-0.2, -0.15) is 0 Å². The monoisotopic (exact) mass is 174 g/mol. The fourth-order valence-corrected chi connectivity index (χ4v) is 1.43. The van der Waals surface area contributed by atoms with Crippen LogP contribution in [0.15, 0.2) is 41.2 Å². The Kier molecular flexibility index (Phi) is 1.81. The molecule has 1 aromatic heterocycles. The lowest BCUT2D eigenvalue weighted by molar-refractivity contribution is 0.476. The van der Waals surface area contributed by atoms with Gasteiger partial charge in [0.1, 0.15) is 5.75 Å². The van der Waals surface area contributed by atoms with E-state index in [0.717, 1.165) is 16.7 Å². The molecular weight excluding hydrogens is 164 g/mol. The van der Waals surface area contributed by atoms with Gasteiger partial charge in [0.15, 0.2) is 0 Å². The van der Waals surface area contributed by atoms with E-state index in [9.17, 15) is 5.11 Å². The summed E-state index contributed by atoms with van der Waals surface area (Å²) in [4.78, 5) is 0. The zero-order valence-electron chi connectivity index (χ0n) is 7.32. The van der Waals surface area contributed by atoms with Crippen molar-refractivity contribution in [2.45, 2.75) is 6.92 Å². The molecule has 0 saturated heterocycles. The highest BCUT2D eigenvalue weighted by Gasteiger charge is 2.07. The van der Waals surface area contributed by atoms with Crippen molar-refractivity contribution >= 4 is 0 Å². The van der Waals surface area contributed by atoms with E-state index in [1.54, 1.807) is 18.6 Å². The summed E-state index contributed by atoms with van der Waals surface area (Å²) in [6.07, 6.45) is 3.23. The van der Waals surface area contributed by atoms with Crippen LogP contribution in [0.4, 0.5) is 0 Å².